The molecule has 3 aromatic rings. The minimum atomic E-state index is -0.00993. The van der Waals surface area contributed by atoms with Crippen LogP contribution in [0.4, 0.5) is 11.4 Å². The molecule has 0 aliphatic rings. The third-order valence-corrected chi connectivity index (χ3v) is 3.32. The molecular formula is C17H14N2O3. The van der Waals surface area contributed by atoms with Gasteiger partial charge in [0.05, 0.1) is 7.11 Å². The van der Waals surface area contributed by atoms with E-state index in [1.165, 1.54) is 13.2 Å². The normalized spacial score (nSPS) is 11.1. The van der Waals surface area contributed by atoms with E-state index >= 15 is 0 Å². The van der Waals surface area contributed by atoms with Crippen LogP contribution in [0.1, 0.15) is 0 Å². The summed E-state index contributed by atoms with van der Waals surface area (Å²) in [5.41, 5.74) is 0.631. The molecule has 0 fully saturated rings. The van der Waals surface area contributed by atoms with Gasteiger partial charge in [0.15, 0.2) is 0 Å². The van der Waals surface area contributed by atoms with Gasteiger partial charge in [-0.1, -0.05) is 30.3 Å². The number of aromatic hydroxyl groups is 2. The number of ether oxygens (including phenoxy) is 1. The molecule has 0 saturated carbocycles. The number of hydrogen-bond acceptors (Lipinski definition) is 5. The monoisotopic (exact) mass is 294 g/mol. The number of phenolic OH excluding ortho intramolecular Hbond substituents is 2. The SMILES string of the molecule is COc1ccc(O)c(N=Nc2c(O)ccc3ccccc23)c1. The fourth-order valence-corrected chi connectivity index (χ4v) is 2.16. The third-order valence-electron chi connectivity index (χ3n) is 3.32. The van der Waals surface area contributed by atoms with Crippen LogP contribution < -0.4 is 4.74 Å². The molecule has 3 aromatic carbocycles. The highest BCUT2D eigenvalue weighted by atomic mass is 16.5. The lowest BCUT2D eigenvalue weighted by molar-refractivity contribution is 0.412. The fourth-order valence-electron chi connectivity index (χ4n) is 2.16. The molecule has 0 unspecified atom stereocenters. The van der Waals surface area contributed by atoms with Crippen molar-refractivity contribution in [2.45, 2.75) is 0 Å². The van der Waals surface area contributed by atoms with Crippen molar-refractivity contribution in [2.24, 2.45) is 10.2 Å². The standard InChI is InChI=1S/C17H14N2O3/c1-22-12-7-9-15(20)14(10-12)18-19-17-13-5-3-2-4-11(13)6-8-16(17)21/h2-10,20-21H,1H3. The Morgan fingerprint density at radius 2 is 1.64 bits per heavy atom. The van der Waals surface area contributed by atoms with Crippen LogP contribution in [0.3, 0.4) is 0 Å². The van der Waals surface area contributed by atoms with Crippen LogP contribution in [0.15, 0.2) is 64.8 Å². The lowest BCUT2D eigenvalue weighted by atomic mass is 10.1. The zero-order valence-electron chi connectivity index (χ0n) is 11.9. The first-order chi connectivity index (χ1) is 10.7. The van der Waals surface area contributed by atoms with Crippen LogP contribution >= 0.6 is 0 Å². The molecule has 0 atom stereocenters. The van der Waals surface area contributed by atoms with Crippen molar-refractivity contribution in [3.05, 3.63) is 54.6 Å². The highest BCUT2D eigenvalue weighted by molar-refractivity contribution is 5.95. The number of rotatable bonds is 3. The van der Waals surface area contributed by atoms with Crippen LogP contribution in [0.25, 0.3) is 10.8 Å². The molecule has 0 bridgehead atoms. The molecule has 0 aliphatic carbocycles. The maximum absolute atomic E-state index is 10.0. The van der Waals surface area contributed by atoms with Gasteiger partial charge in [-0.2, -0.15) is 0 Å². The molecule has 0 amide bonds. The summed E-state index contributed by atoms with van der Waals surface area (Å²) in [6.07, 6.45) is 0. The van der Waals surface area contributed by atoms with E-state index in [1.807, 2.05) is 30.3 Å². The van der Waals surface area contributed by atoms with Crippen molar-refractivity contribution in [2.75, 3.05) is 7.11 Å². The maximum Gasteiger partial charge on any atom is 0.143 e. The highest BCUT2D eigenvalue weighted by Gasteiger charge is 2.07. The van der Waals surface area contributed by atoms with Crippen molar-refractivity contribution < 1.29 is 14.9 Å². The Morgan fingerprint density at radius 1 is 0.864 bits per heavy atom. The number of benzene rings is 3. The minimum Gasteiger partial charge on any atom is -0.506 e. The van der Waals surface area contributed by atoms with Gasteiger partial charge in [-0.05, 0) is 23.6 Å². The topological polar surface area (TPSA) is 74.4 Å². The number of phenols is 2. The van der Waals surface area contributed by atoms with Gasteiger partial charge in [0.2, 0.25) is 0 Å². The average molecular weight is 294 g/mol. The summed E-state index contributed by atoms with van der Waals surface area (Å²) in [5, 5.41) is 29.7. The molecule has 3 rings (SSSR count). The number of hydrogen-bond donors (Lipinski definition) is 2. The molecule has 0 aromatic heterocycles. The van der Waals surface area contributed by atoms with Gasteiger partial charge in [-0.25, -0.2) is 0 Å². The Balaban J connectivity index is 2.08. The van der Waals surface area contributed by atoms with Gasteiger partial charge in [-0.3, -0.25) is 0 Å². The molecule has 0 radical (unpaired) electrons. The molecular weight excluding hydrogens is 280 g/mol. The molecule has 5 nitrogen and oxygen atoms in total. The van der Waals surface area contributed by atoms with Crippen LogP contribution in [-0.4, -0.2) is 17.3 Å². The Labute approximate surface area is 127 Å². The average Bonchev–Trinajstić information content (AvgIpc) is 2.55. The van der Waals surface area contributed by atoms with E-state index in [0.717, 1.165) is 10.8 Å². The first-order valence-corrected chi connectivity index (χ1v) is 6.68. The van der Waals surface area contributed by atoms with E-state index in [4.69, 9.17) is 4.74 Å². The van der Waals surface area contributed by atoms with Gasteiger partial charge in [0, 0.05) is 11.5 Å². The van der Waals surface area contributed by atoms with Gasteiger partial charge in [0.25, 0.3) is 0 Å². The summed E-state index contributed by atoms with van der Waals surface area (Å²) >= 11 is 0. The predicted molar refractivity (Wildman–Crippen MR) is 84.4 cm³/mol. The van der Waals surface area contributed by atoms with E-state index < -0.39 is 0 Å². The second-order valence-corrected chi connectivity index (χ2v) is 4.71. The van der Waals surface area contributed by atoms with Gasteiger partial charge >= 0.3 is 0 Å². The summed E-state index contributed by atoms with van der Waals surface area (Å²) in [4.78, 5) is 0. The van der Waals surface area contributed by atoms with Crippen LogP contribution in [-0.2, 0) is 0 Å². The molecule has 5 heteroatoms. The molecule has 2 N–H and O–H groups in total. The second kappa shape index (κ2) is 5.73. The summed E-state index contributed by atoms with van der Waals surface area (Å²) in [6.45, 7) is 0. The number of fused-ring (bicyclic) bond motifs is 1. The lowest BCUT2D eigenvalue weighted by Crippen LogP contribution is -1.81. The highest BCUT2D eigenvalue weighted by Crippen LogP contribution is 2.37. The van der Waals surface area contributed by atoms with Crippen molar-refractivity contribution in [3.8, 4) is 17.2 Å². The van der Waals surface area contributed by atoms with Crippen molar-refractivity contribution in [3.63, 3.8) is 0 Å². The first kappa shape index (κ1) is 13.9. The molecule has 0 spiro atoms. The number of azo groups is 1. The van der Waals surface area contributed by atoms with Crippen LogP contribution in [0.5, 0.6) is 17.2 Å². The fraction of sp³-hybridized carbons (Fsp3) is 0.0588. The zero-order chi connectivity index (χ0) is 15.5. The van der Waals surface area contributed by atoms with Crippen molar-refractivity contribution >= 4 is 22.1 Å². The molecule has 0 aliphatic heterocycles. The Morgan fingerprint density at radius 3 is 2.45 bits per heavy atom. The number of nitrogens with zero attached hydrogens (tertiary/aromatic N) is 2. The van der Waals surface area contributed by atoms with E-state index in [9.17, 15) is 10.2 Å². The Kier molecular flexibility index (Phi) is 3.62. The first-order valence-electron chi connectivity index (χ1n) is 6.68. The van der Waals surface area contributed by atoms with E-state index in [0.29, 0.717) is 11.4 Å². The van der Waals surface area contributed by atoms with E-state index in [2.05, 4.69) is 10.2 Å². The van der Waals surface area contributed by atoms with E-state index in [-0.39, 0.29) is 17.2 Å². The largest absolute Gasteiger partial charge is 0.506 e. The van der Waals surface area contributed by atoms with Crippen LogP contribution in [0, 0.1) is 0 Å². The van der Waals surface area contributed by atoms with Gasteiger partial charge < -0.3 is 14.9 Å². The maximum atomic E-state index is 10.0. The van der Waals surface area contributed by atoms with Crippen LogP contribution in [0.2, 0.25) is 0 Å². The summed E-state index contributed by atoms with van der Waals surface area (Å²) in [6, 6.07) is 15.6. The molecule has 110 valence electrons. The zero-order valence-corrected chi connectivity index (χ0v) is 11.9. The quantitative estimate of drug-likeness (QED) is 0.689. The van der Waals surface area contributed by atoms with Crippen molar-refractivity contribution in [1.82, 2.24) is 0 Å². The molecule has 0 heterocycles. The minimum absolute atomic E-state index is 0.00993. The molecule has 22 heavy (non-hydrogen) atoms. The second-order valence-electron chi connectivity index (χ2n) is 4.71. The molecule has 0 saturated heterocycles. The third kappa shape index (κ3) is 2.56. The smallest absolute Gasteiger partial charge is 0.143 e. The summed E-state index contributed by atoms with van der Waals surface area (Å²) in [5.74, 6) is 0.586. The van der Waals surface area contributed by atoms with E-state index in [1.54, 1.807) is 18.2 Å². The van der Waals surface area contributed by atoms with Gasteiger partial charge in [0.1, 0.15) is 28.6 Å². The van der Waals surface area contributed by atoms with Crippen molar-refractivity contribution in [1.29, 1.82) is 0 Å². The van der Waals surface area contributed by atoms with Gasteiger partial charge in [-0.15, -0.1) is 10.2 Å². The Hall–Kier alpha value is -3.08. The summed E-state index contributed by atoms with van der Waals surface area (Å²) in [7, 11) is 1.53. The number of methoxy groups -OCH3 is 1. The Bertz CT molecular complexity index is 860. The summed E-state index contributed by atoms with van der Waals surface area (Å²) < 4.78 is 5.09. The lowest BCUT2D eigenvalue weighted by Gasteiger charge is -2.05. The predicted octanol–water partition coefficient (Wildman–Crippen LogP) is 4.68.